The van der Waals surface area contributed by atoms with E-state index in [1.54, 1.807) is 13.2 Å². The lowest BCUT2D eigenvalue weighted by molar-refractivity contribution is -0.119. The Morgan fingerprint density at radius 2 is 2.00 bits per heavy atom. The number of carbonyl (C=O) groups excluding carboxylic acids is 1. The maximum atomic E-state index is 11.8. The number of ether oxygens (including phenoxy) is 1. The van der Waals surface area contributed by atoms with Crippen LogP contribution in [0.5, 0.6) is 5.75 Å². The first-order valence-electron chi connectivity index (χ1n) is 6.55. The number of methoxy groups -OCH3 is 1. The molecule has 0 saturated carbocycles. The number of thiophene rings is 1. The van der Waals surface area contributed by atoms with Gasteiger partial charge in [-0.1, -0.05) is 11.6 Å². The maximum absolute atomic E-state index is 11.8. The Kier molecular flexibility index (Phi) is 5.80. The van der Waals surface area contributed by atoms with Crippen molar-refractivity contribution in [3.05, 3.63) is 45.6 Å². The molecule has 116 valence electrons. The van der Waals surface area contributed by atoms with Crippen molar-refractivity contribution in [3.63, 3.8) is 0 Å². The lowest BCUT2D eigenvalue weighted by Gasteiger charge is -2.06. The van der Waals surface area contributed by atoms with Crippen molar-refractivity contribution in [3.8, 4) is 5.75 Å². The van der Waals surface area contributed by atoms with E-state index >= 15 is 0 Å². The summed E-state index contributed by atoms with van der Waals surface area (Å²) in [6, 6.07) is 11.0. The molecular formula is C15H16ClN3O2S. The summed E-state index contributed by atoms with van der Waals surface area (Å²) >= 11 is 7.28. The average molecular weight is 338 g/mol. The Balaban J connectivity index is 1.82. The maximum Gasteiger partial charge on any atom is 0.259 e. The minimum Gasteiger partial charge on any atom is -0.497 e. The van der Waals surface area contributed by atoms with Crippen molar-refractivity contribution in [1.82, 2.24) is 5.43 Å². The fourth-order valence-electron chi connectivity index (χ4n) is 1.64. The van der Waals surface area contributed by atoms with Gasteiger partial charge in [-0.25, -0.2) is 5.43 Å². The number of carbonyl (C=O) groups is 1. The van der Waals surface area contributed by atoms with Crippen LogP contribution in [0.25, 0.3) is 0 Å². The molecule has 5 nitrogen and oxygen atoms in total. The van der Waals surface area contributed by atoms with Gasteiger partial charge in [-0.3, -0.25) is 4.79 Å². The molecule has 0 saturated heterocycles. The molecule has 0 spiro atoms. The first-order chi connectivity index (χ1) is 10.6. The third-order valence-electron chi connectivity index (χ3n) is 2.82. The predicted octanol–water partition coefficient (Wildman–Crippen LogP) is 3.36. The normalized spacial score (nSPS) is 11.1. The largest absolute Gasteiger partial charge is 0.497 e. The Morgan fingerprint density at radius 3 is 2.59 bits per heavy atom. The number of rotatable bonds is 6. The van der Waals surface area contributed by atoms with Crippen molar-refractivity contribution in [1.29, 1.82) is 0 Å². The predicted molar refractivity (Wildman–Crippen MR) is 91.2 cm³/mol. The van der Waals surface area contributed by atoms with Crippen molar-refractivity contribution in [2.75, 3.05) is 19.0 Å². The molecule has 0 aliphatic heterocycles. The molecule has 22 heavy (non-hydrogen) atoms. The highest BCUT2D eigenvalue weighted by molar-refractivity contribution is 7.18. The summed E-state index contributed by atoms with van der Waals surface area (Å²) in [6.07, 6.45) is 0. The molecule has 0 fully saturated rings. The topological polar surface area (TPSA) is 62.7 Å². The number of halogens is 1. The van der Waals surface area contributed by atoms with Crippen LogP contribution in [-0.2, 0) is 4.79 Å². The summed E-state index contributed by atoms with van der Waals surface area (Å²) in [4.78, 5) is 12.7. The number of hydrogen-bond donors (Lipinski definition) is 2. The van der Waals surface area contributed by atoms with Gasteiger partial charge >= 0.3 is 0 Å². The summed E-state index contributed by atoms with van der Waals surface area (Å²) in [6.45, 7) is 1.95. The molecule has 1 amide bonds. The van der Waals surface area contributed by atoms with E-state index in [0.29, 0.717) is 4.34 Å². The summed E-state index contributed by atoms with van der Waals surface area (Å²) in [7, 11) is 1.61. The third kappa shape index (κ3) is 4.75. The molecule has 0 unspecified atom stereocenters. The van der Waals surface area contributed by atoms with E-state index in [9.17, 15) is 4.79 Å². The van der Waals surface area contributed by atoms with Crippen LogP contribution in [0.1, 0.15) is 11.8 Å². The first-order valence-corrected chi connectivity index (χ1v) is 7.74. The van der Waals surface area contributed by atoms with Crippen LogP contribution < -0.4 is 15.5 Å². The van der Waals surface area contributed by atoms with Crippen LogP contribution in [0.3, 0.4) is 0 Å². The molecule has 0 atom stereocenters. The molecule has 1 heterocycles. The fraction of sp³-hybridized carbons (Fsp3) is 0.200. The second-order valence-electron chi connectivity index (χ2n) is 4.42. The van der Waals surface area contributed by atoms with Crippen molar-refractivity contribution in [2.24, 2.45) is 5.10 Å². The van der Waals surface area contributed by atoms with Crippen molar-refractivity contribution >= 4 is 40.2 Å². The first kappa shape index (κ1) is 16.3. The number of nitrogens with zero attached hydrogens (tertiary/aromatic N) is 1. The monoisotopic (exact) mass is 337 g/mol. The van der Waals surface area contributed by atoms with Gasteiger partial charge in [-0.2, -0.15) is 5.10 Å². The minimum atomic E-state index is -0.224. The summed E-state index contributed by atoms with van der Waals surface area (Å²) in [5.74, 6) is 0.544. The van der Waals surface area contributed by atoms with Crippen LogP contribution in [0.4, 0.5) is 5.69 Å². The quantitative estimate of drug-likeness (QED) is 0.627. The van der Waals surface area contributed by atoms with Gasteiger partial charge in [0.1, 0.15) is 5.75 Å². The molecule has 0 bridgehead atoms. The van der Waals surface area contributed by atoms with Gasteiger partial charge in [0.2, 0.25) is 0 Å². The van der Waals surface area contributed by atoms with E-state index in [-0.39, 0.29) is 12.5 Å². The molecule has 1 aromatic heterocycles. The van der Waals surface area contributed by atoms with Gasteiger partial charge in [0, 0.05) is 5.69 Å². The highest BCUT2D eigenvalue weighted by Crippen LogP contribution is 2.21. The van der Waals surface area contributed by atoms with E-state index in [2.05, 4.69) is 15.8 Å². The van der Waals surface area contributed by atoms with Gasteiger partial charge in [0.05, 0.1) is 28.6 Å². The van der Waals surface area contributed by atoms with Crippen LogP contribution in [0, 0.1) is 0 Å². The molecule has 0 aliphatic rings. The molecule has 7 heteroatoms. The number of hydrogen-bond acceptors (Lipinski definition) is 5. The van der Waals surface area contributed by atoms with Crippen molar-refractivity contribution in [2.45, 2.75) is 6.92 Å². The zero-order chi connectivity index (χ0) is 15.9. The second-order valence-corrected chi connectivity index (χ2v) is 6.13. The summed E-state index contributed by atoms with van der Waals surface area (Å²) in [5.41, 5.74) is 4.06. The van der Waals surface area contributed by atoms with E-state index in [1.807, 2.05) is 37.3 Å². The Morgan fingerprint density at radius 1 is 1.27 bits per heavy atom. The van der Waals surface area contributed by atoms with Crippen LogP contribution in [0.2, 0.25) is 4.34 Å². The molecule has 0 aliphatic carbocycles. The Hall–Kier alpha value is -2.05. The molecule has 2 aromatic rings. The number of hydrazone groups is 1. The third-order valence-corrected chi connectivity index (χ3v) is 4.16. The molecule has 2 N–H and O–H groups in total. The summed E-state index contributed by atoms with van der Waals surface area (Å²) in [5, 5.41) is 7.06. The van der Waals surface area contributed by atoms with Gasteiger partial charge in [-0.05, 0) is 43.3 Å². The zero-order valence-electron chi connectivity index (χ0n) is 12.2. The van der Waals surface area contributed by atoms with Crippen LogP contribution in [-0.4, -0.2) is 25.3 Å². The van der Waals surface area contributed by atoms with Gasteiger partial charge in [0.25, 0.3) is 5.91 Å². The molecular weight excluding hydrogens is 322 g/mol. The van der Waals surface area contributed by atoms with Gasteiger partial charge in [-0.15, -0.1) is 11.3 Å². The minimum absolute atomic E-state index is 0.133. The van der Waals surface area contributed by atoms with Crippen LogP contribution in [0.15, 0.2) is 41.5 Å². The number of amides is 1. The van der Waals surface area contributed by atoms with E-state index in [4.69, 9.17) is 16.3 Å². The lowest BCUT2D eigenvalue weighted by atomic mass is 10.3. The highest BCUT2D eigenvalue weighted by Gasteiger charge is 2.04. The fourth-order valence-corrected chi connectivity index (χ4v) is 2.63. The molecule has 1 aromatic carbocycles. The van der Waals surface area contributed by atoms with Gasteiger partial charge in [0.15, 0.2) is 0 Å². The number of benzene rings is 1. The number of nitrogens with one attached hydrogen (secondary N) is 2. The van der Waals surface area contributed by atoms with Gasteiger partial charge < -0.3 is 10.1 Å². The van der Waals surface area contributed by atoms with E-state index in [0.717, 1.165) is 22.0 Å². The standard InChI is InChI=1S/C15H16ClN3O2S/c1-10(13-7-8-14(16)22-13)18-19-15(20)9-17-11-3-5-12(21-2)6-4-11/h3-8,17H,9H2,1-2H3,(H,19,20)/b18-10-. The lowest BCUT2D eigenvalue weighted by Crippen LogP contribution is -2.26. The molecule has 2 rings (SSSR count). The Bertz CT molecular complexity index is 668. The zero-order valence-corrected chi connectivity index (χ0v) is 13.8. The highest BCUT2D eigenvalue weighted by atomic mass is 35.5. The van der Waals surface area contributed by atoms with Crippen LogP contribution >= 0.6 is 22.9 Å². The second kappa shape index (κ2) is 7.82. The Labute approximate surface area is 137 Å². The number of anilines is 1. The summed E-state index contributed by atoms with van der Waals surface area (Å²) < 4.78 is 5.76. The smallest absolute Gasteiger partial charge is 0.259 e. The van der Waals surface area contributed by atoms with E-state index < -0.39 is 0 Å². The SMILES string of the molecule is COc1ccc(NCC(=O)N/N=C(/C)c2ccc(Cl)s2)cc1. The molecule has 0 radical (unpaired) electrons. The van der Waals surface area contributed by atoms with Crippen molar-refractivity contribution < 1.29 is 9.53 Å². The average Bonchev–Trinajstić information content (AvgIpc) is 2.97. The van der Waals surface area contributed by atoms with E-state index in [1.165, 1.54) is 11.3 Å².